The van der Waals surface area contributed by atoms with Gasteiger partial charge in [-0.3, -0.25) is 9.00 Å². The molecule has 94 valence electrons. The SMILES string of the molecule is CC(C)C(C)NC(=O)CS(=O)CC1CNC1. The molecular formula is C11H22N2O2S. The van der Waals surface area contributed by atoms with E-state index in [0.717, 1.165) is 13.1 Å². The highest BCUT2D eigenvalue weighted by Gasteiger charge is 2.21. The van der Waals surface area contributed by atoms with Crippen LogP contribution in [-0.4, -0.2) is 40.8 Å². The molecule has 1 aliphatic rings. The first kappa shape index (κ1) is 13.6. The highest BCUT2D eigenvalue weighted by molar-refractivity contribution is 7.85. The highest BCUT2D eigenvalue weighted by atomic mass is 32.2. The van der Waals surface area contributed by atoms with E-state index in [4.69, 9.17) is 0 Å². The molecule has 0 aromatic carbocycles. The summed E-state index contributed by atoms with van der Waals surface area (Å²) in [6.07, 6.45) is 0. The molecule has 5 heteroatoms. The summed E-state index contributed by atoms with van der Waals surface area (Å²) in [4.78, 5) is 11.5. The average Bonchev–Trinajstić information content (AvgIpc) is 2.10. The van der Waals surface area contributed by atoms with E-state index in [2.05, 4.69) is 24.5 Å². The second-order valence-corrected chi connectivity index (χ2v) is 6.38. The minimum Gasteiger partial charge on any atom is -0.353 e. The third kappa shape index (κ3) is 4.61. The number of carbonyl (C=O) groups excluding carboxylic acids is 1. The molecule has 16 heavy (non-hydrogen) atoms. The van der Waals surface area contributed by atoms with Crippen molar-refractivity contribution in [1.29, 1.82) is 0 Å². The molecule has 2 unspecified atom stereocenters. The molecule has 0 spiro atoms. The summed E-state index contributed by atoms with van der Waals surface area (Å²) in [5, 5.41) is 6.00. The zero-order valence-electron chi connectivity index (χ0n) is 10.3. The molecule has 1 amide bonds. The van der Waals surface area contributed by atoms with Crippen molar-refractivity contribution in [3.63, 3.8) is 0 Å². The molecule has 1 saturated heterocycles. The van der Waals surface area contributed by atoms with Crippen LogP contribution in [0.25, 0.3) is 0 Å². The lowest BCUT2D eigenvalue weighted by molar-refractivity contribution is -0.119. The quantitative estimate of drug-likeness (QED) is 0.699. The fourth-order valence-electron chi connectivity index (χ4n) is 1.40. The first-order chi connectivity index (χ1) is 7.49. The molecule has 0 saturated carbocycles. The predicted molar refractivity (Wildman–Crippen MR) is 66.7 cm³/mol. The van der Waals surface area contributed by atoms with E-state index in [9.17, 15) is 9.00 Å². The maximum atomic E-state index is 11.6. The van der Waals surface area contributed by atoms with Crippen molar-refractivity contribution < 1.29 is 9.00 Å². The van der Waals surface area contributed by atoms with Crippen LogP contribution in [0.1, 0.15) is 20.8 Å². The van der Waals surface area contributed by atoms with Crippen LogP contribution >= 0.6 is 0 Å². The van der Waals surface area contributed by atoms with Crippen molar-refractivity contribution >= 4 is 16.7 Å². The molecule has 4 nitrogen and oxygen atoms in total. The van der Waals surface area contributed by atoms with Crippen LogP contribution in [0.4, 0.5) is 0 Å². The van der Waals surface area contributed by atoms with Crippen molar-refractivity contribution in [2.75, 3.05) is 24.6 Å². The summed E-state index contributed by atoms with van der Waals surface area (Å²) in [5.74, 6) is 1.61. The number of rotatable bonds is 6. The number of hydrogen-bond donors (Lipinski definition) is 2. The first-order valence-electron chi connectivity index (χ1n) is 5.84. The van der Waals surface area contributed by atoms with E-state index in [1.807, 2.05) is 6.92 Å². The van der Waals surface area contributed by atoms with Crippen LogP contribution in [-0.2, 0) is 15.6 Å². The zero-order valence-corrected chi connectivity index (χ0v) is 11.1. The molecule has 0 bridgehead atoms. The Morgan fingerprint density at radius 1 is 1.44 bits per heavy atom. The Balaban J connectivity index is 2.19. The molecule has 1 rings (SSSR count). The smallest absolute Gasteiger partial charge is 0.232 e. The summed E-state index contributed by atoms with van der Waals surface area (Å²) < 4.78 is 11.6. The number of hydrogen-bond acceptors (Lipinski definition) is 3. The van der Waals surface area contributed by atoms with E-state index < -0.39 is 10.8 Å². The van der Waals surface area contributed by atoms with Crippen LogP contribution in [0.5, 0.6) is 0 Å². The van der Waals surface area contributed by atoms with E-state index >= 15 is 0 Å². The standard InChI is InChI=1S/C11H22N2O2S/c1-8(2)9(3)13-11(14)7-16(15)6-10-4-12-5-10/h8-10,12H,4-7H2,1-3H3,(H,13,14). The van der Waals surface area contributed by atoms with Gasteiger partial charge in [-0.1, -0.05) is 13.8 Å². The summed E-state index contributed by atoms with van der Waals surface area (Å²) >= 11 is 0. The molecule has 1 aliphatic heterocycles. The minimum absolute atomic E-state index is 0.0909. The fourth-order valence-corrected chi connectivity index (χ4v) is 2.65. The van der Waals surface area contributed by atoms with Crippen molar-refractivity contribution in [3.8, 4) is 0 Å². The van der Waals surface area contributed by atoms with Crippen molar-refractivity contribution in [2.45, 2.75) is 26.8 Å². The van der Waals surface area contributed by atoms with Gasteiger partial charge < -0.3 is 10.6 Å². The lowest BCUT2D eigenvalue weighted by atomic mass is 10.1. The lowest BCUT2D eigenvalue weighted by Gasteiger charge is -2.26. The van der Waals surface area contributed by atoms with Crippen LogP contribution in [0.15, 0.2) is 0 Å². The monoisotopic (exact) mass is 246 g/mol. The second kappa shape index (κ2) is 6.35. The summed E-state index contributed by atoms with van der Waals surface area (Å²) in [5.41, 5.74) is 0. The van der Waals surface area contributed by atoms with Gasteiger partial charge in [0.2, 0.25) is 5.91 Å². The largest absolute Gasteiger partial charge is 0.353 e. The Labute approximate surface area is 100 Å². The molecule has 1 heterocycles. The molecule has 0 aliphatic carbocycles. The molecule has 2 N–H and O–H groups in total. The Bertz CT molecular complexity index is 265. The van der Waals surface area contributed by atoms with Crippen LogP contribution < -0.4 is 10.6 Å². The van der Waals surface area contributed by atoms with Gasteiger partial charge in [0, 0.05) is 35.7 Å². The predicted octanol–water partition coefficient (Wildman–Crippen LogP) is 0.115. The summed E-state index contributed by atoms with van der Waals surface area (Å²) in [6, 6.07) is 0.148. The zero-order chi connectivity index (χ0) is 12.1. The van der Waals surface area contributed by atoms with Crippen molar-refractivity contribution in [1.82, 2.24) is 10.6 Å². The highest BCUT2D eigenvalue weighted by Crippen LogP contribution is 2.05. The van der Waals surface area contributed by atoms with Gasteiger partial charge in [-0.25, -0.2) is 0 Å². The molecule has 0 aromatic heterocycles. The normalized spacial score (nSPS) is 20.2. The summed E-state index contributed by atoms with van der Waals surface area (Å²) in [6.45, 7) is 7.97. The van der Waals surface area contributed by atoms with E-state index in [0.29, 0.717) is 17.6 Å². The van der Waals surface area contributed by atoms with Gasteiger partial charge in [0.15, 0.2) is 0 Å². The fraction of sp³-hybridized carbons (Fsp3) is 0.909. The van der Waals surface area contributed by atoms with Gasteiger partial charge in [-0.05, 0) is 18.8 Å². The molecule has 0 aromatic rings. The van der Waals surface area contributed by atoms with Crippen LogP contribution in [0.2, 0.25) is 0 Å². The van der Waals surface area contributed by atoms with E-state index in [-0.39, 0.29) is 17.7 Å². The van der Waals surface area contributed by atoms with E-state index in [1.54, 1.807) is 0 Å². The average molecular weight is 246 g/mol. The number of carbonyl (C=O) groups is 1. The maximum absolute atomic E-state index is 11.6. The lowest BCUT2D eigenvalue weighted by Crippen LogP contribution is -2.46. The molecule has 0 radical (unpaired) electrons. The van der Waals surface area contributed by atoms with Crippen molar-refractivity contribution in [2.24, 2.45) is 11.8 Å². The Hall–Kier alpha value is -0.420. The Morgan fingerprint density at radius 3 is 2.50 bits per heavy atom. The van der Waals surface area contributed by atoms with Gasteiger partial charge >= 0.3 is 0 Å². The molecule has 1 fully saturated rings. The van der Waals surface area contributed by atoms with Crippen LogP contribution in [0, 0.1) is 11.8 Å². The number of amides is 1. The molecule has 2 atom stereocenters. The minimum atomic E-state index is -1.01. The van der Waals surface area contributed by atoms with Gasteiger partial charge in [0.05, 0.1) is 0 Å². The van der Waals surface area contributed by atoms with Gasteiger partial charge in [-0.2, -0.15) is 0 Å². The van der Waals surface area contributed by atoms with Crippen LogP contribution in [0.3, 0.4) is 0 Å². The first-order valence-corrected chi connectivity index (χ1v) is 7.33. The third-order valence-corrected chi connectivity index (χ3v) is 4.40. The number of nitrogens with one attached hydrogen (secondary N) is 2. The molecular weight excluding hydrogens is 224 g/mol. The van der Waals surface area contributed by atoms with Gasteiger partial charge in [0.25, 0.3) is 0 Å². The summed E-state index contributed by atoms with van der Waals surface area (Å²) in [7, 11) is -1.01. The van der Waals surface area contributed by atoms with Gasteiger partial charge in [0.1, 0.15) is 5.75 Å². The van der Waals surface area contributed by atoms with Gasteiger partial charge in [-0.15, -0.1) is 0 Å². The topological polar surface area (TPSA) is 58.2 Å². The van der Waals surface area contributed by atoms with Crippen molar-refractivity contribution in [3.05, 3.63) is 0 Å². The maximum Gasteiger partial charge on any atom is 0.232 e. The third-order valence-electron chi connectivity index (χ3n) is 2.97. The second-order valence-electron chi connectivity index (χ2n) is 4.88. The Kier molecular flexibility index (Phi) is 5.41. The van der Waals surface area contributed by atoms with E-state index in [1.165, 1.54) is 0 Å². The Morgan fingerprint density at radius 2 is 2.06 bits per heavy atom.